The molecule has 0 radical (unpaired) electrons. The van der Waals surface area contributed by atoms with Gasteiger partial charge in [-0.3, -0.25) is 9.59 Å². The van der Waals surface area contributed by atoms with Crippen molar-refractivity contribution in [3.05, 3.63) is 23.8 Å². The van der Waals surface area contributed by atoms with Crippen molar-refractivity contribution in [2.45, 2.75) is 0 Å². The summed E-state index contributed by atoms with van der Waals surface area (Å²) in [7, 11) is 0. The average Bonchev–Trinajstić information content (AvgIpc) is 2.24. The summed E-state index contributed by atoms with van der Waals surface area (Å²) in [4.78, 5) is 21.0. The van der Waals surface area contributed by atoms with Crippen LogP contribution in [0.25, 0.3) is 0 Å². The molecule has 7 nitrogen and oxygen atoms in total. The molecule has 5 N–H and O–H groups in total. The molecule has 0 unspecified atom stereocenters. The van der Waals surface area contributed by atoms with Crippen LogP contribution < -0.4 is 11.2 Å². The zero-order valence-corrected chi connectivity index (χ0v) is 8.04. The van der Waals surface area contributed by atoms with E-state index in [1.54, 1.807) is 0 Å². The molecule has 1 rings (SSSR count). The highest BCUT2D eigenvalue weighted by atomic mass is 16.3. The van der Waals surface area contributed by atoms with Gasteiger partial charge in [-0.25, -0.2) is 5.43 Å². The number of aromatic hydroxyl groups is 2. The molecule has 0 spiro atoms. The van der Waals surface area contributed by atoms with Crippen LogP contribution in [0.15, 0.2) is 23.3 Å². The molecule has 0 heterocycles. The minimum atomic E-state index is -1.17. The monoisotopic (exact) mass is 223 g/mol. The summed E-state index contributed by atoms with van der Waals surface area (Å²) in [6.07, 6.45) is 1.07. The standard InChI is InChI=1S/C9H9N3O4/c10-8(15)9(16)12-11-4-5-2-1-3-6(13)7(5)14/h1-4,13-14H,(H2,10,15)(H,12,16). The number of hydrazone groups is 1. The number of nitrogens with one attached hydrogen (secondary N) is 1. The lowest BCUT2D eigenvalue weighted by atomic mass is 10.2. The molecule has 84 valence electrons. The van der Waals surface area contributed by atoms with Gasteiger partial charge >= 0.3 is 11.8 Å². The van der Waals surface area contributed by atoms with Crippen LogP contribution in [0, 0.1) is 0 Å². The molecule has 7 heteroatoms. The summed E-state index contributed by atoms with van der Waals surface area (Å²) in [5.74, 6) is -2.93. The van der Waals surface area contributed by atoms with Gasteiger partial charge in [-0.1, -0.05) is 6.07 Å². The normalized spacial score (nSPS) is 10.2. The van der Waals surface area contributed by atoms with Crippen LogP contribution >= 0.6 is 0 Å². The first-order valence-electron chi connectivity index (χ1n) is 4.16. The second-order valence-electron chi connectivity index (χ2n) is 2.78. The van der Waals surface area contributed by atoms with Crippen LogP contribution in [0.2, 0.25) is 0 Å². The third-order valence-corrected chi connectivity index (χ3v) is 1.64. The number of hydrogen-bond acceptors (Lipinski definition) is 5. The Morgan fingerprint density at radius 2 is 2.06 bits per heavy atom. The van der Waals surface area contributed by atoms with Gasteiger partial charge in [0.2, 0.25) is 0 Å². The molecule has 2 amide bonds. The summed E-state index contributed by atoms with van der Waals surface area (Å²) in [5, 5.41) is 21.8. The number of rotatable bonds is 2. The summed E-state index contributed by atoms with van der Waals surface area (Å²) in [6, 6.07) is 4.22. The Labute approximate surface area is 90.2 Å². The van der Waals surface area contributed by atoms with Crippen molar-refractivity contribution in [3.8, 4) is 11.5 Å². The van der Waals surface area contributed by atoms with Crippen molar-refractivity contribution in [1.82, 2.24) is 5.43 Å². The average molecular weight is 223 g/mol. The van der Waals surface area contributed by atoms with E-state index < -0.39 is 11.8 Å². The topological polar surface area (TPSA) is 125 Å². The van der Waals surface area contributed by atoms with Gasteiger partial charge in [-0.2, -0.15) is 5.10 Å². The third-order valence-electron chi connectivity index (χ3n) is 1.64. The van der Waals surface area contributed by atoms with Crippen LogP contribution in [0.3, 0.4) is 0 Å². The lowest BCUT2D eigenvalue weighted by Gasteiger charge is -2.00. The van der Waals surface area contributed by atoms with Gasteiger partial charge in [0.15, 0.2) is 11.5 Å². The third kappa shape index (κ3) is 2.71. The number of amides is 2. The maximum absolute atomic E-state index is 10.7. The molecule has 16 heavy (non-hydrogen) atoms. The molecule has 0 aromatic heterocycles. The van der Waals surface area contributed by atoms with Crippen LogP contribution in [0.5, 0.6) is 11.5 Å². The quantitative estimate of drug-likeness (QED) is 0.223. The fourth-order valence-corrected chi connectivity index (χ4v) is 0.868. The van der Waals surface area contributed by atoms with Crippen molar-refractivity contribution in [1.29, 1.82) is 0 Å². The number of hydrogen-bond donors (Lipinski definition) is 4. The van der Waals surface area contributed by atoms with Gasteiger partial charge < -0.3 is 15.9 Å². The summed E-state index contributed by atoms with van der Waals surface area (Å²) < 4.78 is 0. The maximum atomic E-state index is 10.7. The largest absolute Gasteiger partial charge is 0.504 e. The molecule has 0 aliphatic carbocycles. The lowest BCUT2D eigenvalue weighted by Crippen LogP contribution is -2.32. The van der Waals surface area contributed by atoms with Gasteiger partial charge in [0.1, 0.15) is 0 Å². The van der Waals surface area contributed by atoms with Crippen molar-refractivity contribution >= 4 is 18.0 Å². The molecule has 1 aromatic carbocycles. The van der Waals surface area contributed by atoms with E-state index in [-0.39, 0.29) is 17.1 Å². The van der Waals surface area contributed by atoms with Gasteiger partial charge in [-0.05, 0) is 12.1 Å². The maximum Gasteiger partial charge on any atom is 0.329 e. The Kier molecular flexibility index (Phi) is 3.44. The minimum absolute atomic E-state index is 0.185. The predicted molar refractivity (Wildman–Crippen MR) is 54.7 cm³/mol. The van der Waals surface area contributed by atoms with E-state index in [1.165, 1.54) is 18.2 Å². The molecule has 0 atom stereocenters. The lowest BCUT2D eigenvalue weighted by molar-refractivity contribution is -0.137. The van der Waals surface area contributed by atoms with Crippen molar-refractivity contribution in [2.75, 3.05) is 0 Å². The number of carbonyl (C=O) groups excluding carboxylic acids is 2. The van der Waals surface area contributed by atoms with E-state index in [9.17, 15) is 14.7 Å². The number of para-hydroxylation sites is 1. The van der Waals surface area contributed by atoms with E-state index in [2.05, 4.69) is 10.8 Å². The summed E-state index contributed by atoms with van der Waals surface area (Å²) >= 11 is 0. The highest BCUT2D eigenvalue weighted by molar-refractivity contribution is 6.34. The number of benzene rings is 1. The Morgan fingerprint density at radius 3 is 2.69 bits per heavy atom. The Bertz CT molecular complexity index is 456. The van der Waals surface area contributed by atoms with Crippen molar-refractivity contribution < 1.29 is 19.8 Å². The molecule has 0 aliphatic rings. The Morgan fingerprint density at radius 1 is 1.38 bits per heavy atom. The number of phenolic OH excluding ortho intramolecular Hbond substituents is 2. The summed E-state index contributed by atoms with van der Waals surface area (Å²) in [5.41, 5.74) is 6.68. The minimum Gasteiger partial charge on any atom is -0.504 e. The molecule has 0 fully saturated rings. The number of nitrogens with zero attached hydrogens (tertiary/aromatic N) is 1. The van der Waals surface area contributed by atoms with E-state index in [4.69, 9.17) is 5.11 Å². The van der Waals surface area contributed by atoms with E-state index in [0.717, 1.165) is 6.21 Å². The van der Waals surface area contributed by atoms with Crippen LogP contribution in [0.4, 0.5) is 0 Å². The fraction of sp³-hybridized carbons (Fsp3) is 0. The second kappa shape index (κ2) is 4.78. The van der Waals surface area contributed by atoms with Gasteiger partial charge in [-0.15, -0.1) is 0 Å². The van der Waals surface area contributed by atoms with Gasteiger partial charge in [0.25, 0.3) is 0 Å². The smallest absolute Gasteiger partial charge is 0.329 e. The van der Waals surface area contributed by atoms with Gasteiger partial charge in [0, 0.05) is 5.56 Å². The number of phenols is 2. The predicted octanol–water partition coefficient (Wildman–Crippen LogP) is -0.967. The van der Waals surface area contributed by atoms with E-state index in [0.29, 0.717) is 0 Å². The van der Waals surface area contributed by atoms with Crippen molar-refractivity contribution in [3.63, 3.8) is 0 Å². The first-order chi connectivity index (χ1) is 7.52. The Balaban J connectivity index is 2.74. The highest BCUT2D eigenvalue weighted by Crippen LogP contribution is 2.26. The molecule has 0 aliphatic heterocycles. The first-order valence-corrected chi connectivity index (χ1v) is 4.16. The zero-order chi connectivity index (χ0) is 12.1. The number of nitrogens with two attached hydrogens (primary N) is 1. The number of carbonyl (C=O) groups is 2. The fourth-order valence-electron chi connectivity index (χ4n) is 0.868. The van der Waals surface area contributed by atoms with Crippen LogP contribution in [0.1, 0.15) is 5.56 Å². The van der Waals surface area contributed by atoms with E-state index >= 15 is 0 Å². The first kappa shape index (κ1) is 11.5. The highest BCUT2D eigenvalue weighted by Gasteiger charge is 2.06. The molecular weight excluding hydrogens is 214 g/mol. The molecule has 1 aromatic rings. The Hall–Kier alpha value is -2.57. The van der Waals surface area contributed by atoms with Crippen molar-refractivity contribution in [2.24, 2.45) is 10.8 Å². The zero-order valence-electron chi connectivity index (χ0n) is 8.04. The molecule has 0 saturated carbocycles. The second-order valence-corrected chi connectivity index (χ2v) is 2.78. The van der Waals surface area contributed by atoms with Crippen LogP contribution in [-0.2, 0) is 9.59 Å². The van der Waals surface area contributed by atoms with E-state index in [1.807, 2.05) is 5.43 Å². The molecule has 0 saturated heterocycles. The van der Waals surface area contributed by atoms with Crippen LogP contribution in [-0.4, -0.2) is 28.2 Å². The number of primary amides is 1. The summed E-state index contributed by atoms with van der Waals surface area (Å²) in [6.45, 7) is 0. The van der Waals surface area contributed by atoms with Gasteiger partial charge in [0.05, 0.1) is 6.21 Å². The molecule has 0 bridgehead atoms. The SMILES string of the molecule is NC(=O)C(=O)NN=Cc1cccc(O)c1O. The molecular formula is C9H9N3O4.